The number of hydrogen-bond donors (Lipinski definition) is 3. The molecule has 4 nitrogen and oxygen atoms in total. The van der Waals surface area contributed by atoms with E-state index in [1.54, 1.807) is 6.20 Å². The highest BCUT2D eigenvalue weighted by molar-refractivity contribution is 5.01. The Kier molecular flexibility index (Phi) is 3.45. The van der Waals surface area contributed by atoms with Gasteiger partial charge in [-0.25, -0.2) is 0 Å². The summed E-state index contributed by atoms with van der Waals surface area (Å²) >= 11 is 0. The van der Waals surface area contributed by atoms with E-state index in [0.717, 1.165) is 25.1 Å². The summed E-state index contributed by atoms with van der Waals surface area (Å²) in [6, 6.07) is 0. The maximum absolute atomic E-state index is 9.42. The molecular weight excluding hydrogens is 166 g/mol. The fraction of sp³-hybridized carbons (Fsp3) is 0.667. The van der Waals surface area contributed by atoms with Crippen molar-refractivity contribution in [3.05, 3.63) is 18.0 Å². The largest absolute Gasteiger partial charge is 0.390 e. The van der Waals surface area contributed by atoms with Crippen LogP contribution in [0.3, 0.4) is 0 Å². The summed E-state index contributed by atoms with van der Waals surface area (Å²) < 4.78 is 0. The van der Waals surface area contributed by atoms with Gasteiger partial charge in [0.1, 0.15) is 0 Å². The maximum Gasteiger partial charge on any atom is 0.0603 e. The number of aliphatic hydroxyl groups is 1. The lowest BCUT2D eigenvalue weighted by atomic mass is 10.1. The van der Waals surface area contributed by atoms with Gasteiger partial charge in [-0.2, -0.15) is 5.10 Å². The third-order valence-electron chi connectivity index (χ3n) is 1.80. The number of aromatic amines is 1. The van der Waals surface area contributed by atoms with E-state index in [2.05, 4.69) is 15.5 Å². The first-order valence-corrected chi connectivity index (χ1v) is 4.49. The van der Waals surface area contributed by atoms with Crippen molar-refractivity contribution in [3.8, 4) is 0 Å². The predicted octanol–water partition coefficient (Wildman–Crippen LogP) is 0.660. The van der Waals surface area contributed by atoms with Crippen LogP contribution in [-0.4, -0.2) is 27.4 Å². The lowest BCUT2D eigenvalue weighted by molar-refractivity contribution is 0.0711. The van der Waals surface area contributed by atoms with Crippen molar-refractivity contribution in [1.29, 1.82) is 0 Å². The topological polar surface area (TPSA) is 60.9 Å². The van der Waals surface area contributed by atoms with Gasteiger partial charge in [0.15, 0.2) is 0 Å². The second kappa shape index (κ2) is 4.39. The molecule has 0 aromatic carbocycles. The maximum atomic E-state index is 9.42. The SMILES string of the molecule is CC(C)(O)CCNCc1cn[nH]c1. The minimum absolute atomic E-state index is 0.580. The molecule has 0 unspecified atom stereocenters. The van der Waals surface area contributed by atoms with Gasteiger partial charge in [0.25, 0.3) is 0 Å². The predicted molar refractivity (Wildman–Crippen MR) is 51.2 cm³/mol. The fourth-order valence-corrected chi connectivity index (χ4v) is 1.00. The fourth-order valence-electron chi connectivity index (χ4n) is 1.00. The quantitative estimate of drug-likeness (QED) is 0.588. The molecule has 0 aliphatic carbocycles. The van der Waals surface area contributed by atoms with E-state index >= 15 is 0 Å². The number of nitrogens with one attached hydrogen (secondary N) is 2. The van der Waals surface area contributed by atoms with Crippen LogP contribution in [0, 0.1) is 0 Å². The molecule has 0 saturated heterocycles. The summed E-state index contributed by atoms with van der Waals surface area (Å²) in [5.41, 5.74) is 0.555. The van der Waals surface area contributed by atoms with E-state index < -0.39 is 5.60 Å². The second-order valence-corrected chi connectivity index (χ2v) is 3.85. The highest BCUT2D eigenvalue weighted by Gasteiger charge is 2.10. The number of nitrogens with zero attached hydrogens (tertiary/aromatic N) is 1. The summed E-state index contributed by atoms with van der Waals surface area (Å²) in [5.74, 6) is 0. The van der Waals surface area contributed by atoms with E-state index in [9.17, 15) is 5.11 Å². The molecule has 1 heterocycles. The number of aromatic nitrogens is 2. The molecule has 1 rings (SSSR count). The molecule has 1 aromatic heterocycles. The summed E-state index contributed by atoms with van der Waals surface area (Å²) in [7, 11) is 0. The smallest absolute Gasteiger partial charge is 0.0603 e. The Bertz CT molecular complexity index is 226. The van der Waals surface area contributed by atoms with Crippen LogP contribution in [0.2, 0.25) is 0 Å². The van der Waals surface area contributed by atoms with Crippen LogP contribution in [-0.2, 0) is 6.54 Å². The molecule has 0 radical (unpaired) electrons. The average Bonchev–Trinajstić information content (AvgIpc) is 2.48. The van der Waals surface area contributed by atoms with Crippen molar-refractivity contribution in [2.75, 3.05) is 6.54 Å². The normalized spacial score (nSPS) is 11.9. The third-order valence-corrected chi connectivity index (χ3v) is 1.80. The molecule has 74 valence electrons. The summed E-state index contributed by atoms with van der Waals surface area (Å²) in [4.78, 5) is 0. The Morgan fingerprint density at radius 1 is 1.62 bits per heavy atom. The molecule has 0 aliphatic heterocycles. The van der Waals surface area contributed by atoms with Gasteiger partial charge in [-0.3, -0.25) is 5.10 Å². The highest BCUT2D eigenvalue weighted by atomic mass is 16.3. The Balaban J connectivity index is 2.09. The standard InChI is InChI=1S/C9H17N3O/c1-9(2,13)3-4-10-5-8-6-11-12-7-8/h6-7,10,13H,3-5H2,1-2H3,(H,11,12). The minimum Gasteiger partial charge on any atom is -0.390 e. The van der Waals surface area contributed by atoms with Gasteiger partial charge in [-0.1, -0.05) is 0 Å². The zero-order valence-corrected chi connectivity index (χ0v) is 8.17. The van der Waals surface area contributed by atoms with Crippen molar-refractivity contribution >= 4 is 0 Å². The van der Waals surface area contributed by atoms with Gasteiger partial charge in [0.05, 0.1) is 11.8 Å². The Labute approximate surface area is 78.4 Å². The minimum atomic E-state index is -0.580. The zero-order chi connectivity index (χ0) is 9.73. The molecule has 13 heavy (non-hydrogen) atoms. The van der Waals surface area contributed by atoms with Crippen LogP contribution >= 0.6 is 0 Å². The molecule has 0 spiro atoms. The Hall–Kier alpha value is -0.870. The van der Waals surface area contributed by atoms with Gasteiger partial charge in [0, 0.05) is 18.3 Å². The van der Waals surface area contributed by atoms with E-state index in [0.29, 0.717) is 0 Å². The molecular formula is C9H17N3O. The van der Waals surface area contributed by atoms with E-state index in [1.165, 1.54) is 0 Å². The van der Waals surface area contributed by atoms with Crippen LogP contribution in [0.25, 0.3) is 0 Å². The van der Waals surface area contributed by atoms with Crippen molar-refractivity contribution in [3.63, 3.8) is 0 Å². The molecule has 3 N–H and O–H groups in total. The first kappa shape index (κ1) is 10.2. The van der Waals surface area contributed by atoms with Crippen molar-refractivity contribution in [1.82, 2.24) is 15.5 Å². The molecule has 4 heteroatoms. The number of H-pyrrole nitrogens is 1. The van der Waals surface area contributed by atoms with Crippen LogP contribution in [0.5, 0.6) is 0 Å². The first-order valence-electron chi connectivity index (χ1n) is 4.49. The Morgan fingerprint density at radius 2 is 2.38 bits per heavy atom. The van der Waals surface area contributed by atoms with Gasteiger partial charge in [0.2, 0.25) is 0 Å². The Morgan fingerprint density at radius 3 is 2.92 bits per heavy atom. The van der Waals surface area contributed by atoms with Gasteiger partial charge >= 0.3 is 0 Å². The third kappa shape index (κ3) is 4.65. The summed E-state index contributed by atoms with van der Waals surface area (Å²) in [6.07, 6.45) is 4.40. The number of hydrogen-bond acceptors (Lipinski definition) is 3. The highest BCUT2D eigenvalue weighted by Crippen LogP contribution is 2.05. The number of rotatable bonds is 5. The van der Waals surface area contributed by atoms with Gasteiger partial charge in [-0.05, 0) is 26.8 Å². The molecule has 0 fully saturated rings. The average molecular weight is 183 g/mol. The molecule has 0 aliphatic rings. The van der Waals surface area contributed by atoms with Crippen molar-refractivity contribution < 1.29 is 5.11 Å². The van der Waals surface area contributed by atoms with Crippen LogP contribution in [0.1, 0.15) is 25.8 Å². The van der Waals surface area contributed by atoms with Crippen molar-refractivity contribution in [2.45, 2.75) is 32.4 Å². The van der Waals surface area contributed by atoms with E-state index in [4.69, 9.17) is 0 Å². The second-order valence-electron chi connectivity index (χ2n) is 3.85. The van der Waals surface area contributed by atoms with Gasteiger partial charge in [-0.15, -0.1) is 0 Å². The van der Waals surface area contributed by atoms with E-state index in [-0.39, 0.29) is 0 Å². The first-order chi connectivity index (χ1) is 6.08. The molecule has 0 amide bonds. The van der Waals surface area contributed by atoms with Crippen LogP contribution in [0.15, 0.2) is 12.4 Å². The summed E-state index contributed by atoms with van der Waals surface area (Å²) in [6.45, 7) is 5.24. The van der Waals surface area contributed by atoms with Crippen LogP contribution in [0.4, 0.5) is 0 Å². The monoisotopic (exact) mass is 183 g/mol. The lowest BCUT2D eigenvalue weighted by Crippen LogP contribution is -2.26. The van der Waals surface area contributed by atoms with E-state index in [1.807, 2.05) is 20.0 Å². The molecule has 0 saturated carbocycles. The lowest BCUT2D eigenvalue weighted by Gasteiger charge is -2.16. The van der Waals surface area contributed by atoms with Crippen LogP contribution < -0.4 is 5.32 Å². The van der Waals surface area contributed by atoms with Crippen molar-refractivity contribution in [2.24, 2.45) is 0 Å². The summed E-state index contributed by atoms with van der Waals surface area (Å²) in [5, 5.41) is 19.2. The molecule has 1 aromatic rings. The molecule has 0 bridgehead atoms. The zero-order valence-electron chi connectivity index (χ0n) is 8.17. The molecule has 0 atom stereocenters. The van der Waals surface area contributed by atoms with Gasteiger partial charge < -0.3 is 10.4 Å².